The number of aryl methyl sites for hydroxylation is 2. The molecule has 0 bridgehead atoms. The maximum atomic E-state index is 10.5. The van der Waals surface area contributed by atoms with E-state index in [2.05, 4.69) is 0 Å². The maximum absolute atomic E-state index is 10.5. The van der Waals surface area contributed by atoms with E-state index >= 15 is 0 Å². The minimum absolute atomic E-state index is 0.732. The molecule has 0 spiro atoms. The van der Waals surface area contributed by atoms with E-state index in [1.807, 2.05) is 26.0 Å². The van der Waals surface area contributed by atoms with Crippen LogP contribution in [0.25, 0.3) is 6.08 Å². The first-order valence-electron chi connectivity index (χ1n) is 6.21. The summed E-state index contributed by atoms with van der Waals surface area (Å²) >= 11 is 0. The van der Waals surface area contributed by atoms with Gasteiger partial charge in [-0.05, 0) is 67.5 Å². The molecule has 0 aromatic heterocycles. The van der Waals surface area contributed by atoms with Crippen molar-refractivity contribution in [3.05, 3.63) is 34.9 Å². The highest BCUT2D eigenvalue weighted by Gasteiger charge is 2.22. The topological polar surface area (TPSA) is 46.5 Å². The summed E-state index contributed by atoms with van der Waals surface area (Å²) in [4.78, 5) is 10.5. The smallest absolute Gasteiger partial charge is 0.328 e. The Morgan fingerprint density at radius 2 is 2.00 bits per heavy atom. The first-order valence-corrected chi connectivity index (χ1v) is 6.21. The SMILES string of the molecule is Cc1cc(/C=C/C(=O)O)cc(C)c1OCC1CC1. The normalized spacial score (nSPS) is 15.0. The van der Waals surface area contributed by atoms with Gasteiger partial charge in [-0.2, -0.15) is 0 Å². The molecule has 0 saturated heterocycles. The second kappa shape index (κ2) is 5.25. The van der Waals surface area contributed by atoms with Gasteiger partial charge in [-0.3, -0.25) is 0 Å². The monoisotopic (exact) mass is 246 g/mol. The summed E-state index contributed by atoms with van der Waals surface area (Å²) in [6.45, 7) is 4.78. The van der Waals surface area contributed by atoms with E-state index in [9.17, 15) is 4.79 Å². The summed E-state index contributed by atoms with van der Waals surface area (Å²) in [7, 11) is 0. The molecule has 1 aromatic rings. The van der Waals surface area contributed by atoms with Crippen molar-refractivity contribution in [1.29, 1.82) is 0 Å². The highest BCUT2D eigenvalue weighted by atomic mass is 16.5. The first-order chi connectivity index (χ1) is 8.56. The number of carboxylic acid groups (broad SMARTS) is 1. The van der Waals surface area contributed by atoms with Crippen molar-refractivity contribution in [3.8, 4) is 5.75 Å². The number of rotatable bonds is 5. The van der Waals surface area contributed by atoms with Crippen LogP contribution in [-0.4, -0.2) is 17.7 Å². The lowest BCUT2D eigenvalue weighted by atomic mass is 10.1. The highest BCUT2D eigenvalue weighted by Crippen LogP contribution is 2.32. The Hall–Kier alpha value is -1.77. The second-order valence-corrected chi connectivity index (χ2v) is 4.91. The summed E-state index contributed by atoms with van der Waals surface area (Å²) in [6, 6.07) is 3.91. The minimum atomic E-state index is -0.931. The van der Waals surface area contributed by atoms with Gasteiger partial charge in [-0.1, -0.05) is 0 Å². The van der Waals surface area contributed by atoms with Gasteiger partial charge in [-0.15, -0.1) is 0 Å². The van der Waals surface area contributed by atoms with Crippen LogP contribution < -0.4 is 4.74 Å². The van der Waals surface area contributed by atoms with Gasteiger partial charge in [0.1, 0.15) is 5.75 Å². The van der Waals surface area contributed by atoms with Crippen molar-refractivity contribution < 1.29 is 14.6 Å². The zero-order chi connectivity index (χ0) is 13.1. The zero-order valence-electron chi connectivity index (χ0n) is 10.8. The van der Waals surface area contributed by atoms with Gasteiger partial charge in [-0.25, -0.2) is 4.79 Å². The summed E-state index contributed by atoms with van der Waals surface area (Å²) in [5.74, 6) is 0.740. The van der Waals surface area contributed by atoms with Crippen molar-refractivity contribution in [2.24, 2.45) is 5.92 Å². The van der Waals surface area contributed by atoms with Gasteiger partial charge in [0.2, 0.25) is 0 Å². The summed E-state index contributed by atoms with van der Waals surface area (Å²) in [5.41, 5.74) is 3.01. The van der Waals surface area contributed by atoms with E-state index in [1.165, 1.54) is 12.8 Å². The molecule has 1 fully saturated rings. The van der Waals surface area contributed by atoms with Crippen LogP contribution in [0.2, 0.25) is 0 Å². The standard InChI is InChI=1S/C15H18O3/c1-10-7-13(5-6-14(16)17)8-11(2)15(10)18-9-12-3-4-12/h5-8,12H,3-4,9H2,1-2H3,(H,16,17)/b6-5+. The van der Waals surface area contributed by atoms with Crippen molar-refractivity contribution >= 4 is 12.0 Å². The lowest BCUT2D eigenvalue weighted by Crippen LogP contribution is -2.02. The third-order valence-electron chi connectivity index (χ3n) is 3.06. The molecular weight excluding hydrogens is 228 g/mol. The quantitative estimate of drug-likeness (QED) is 0.811. The number of hydrogen-bond donors (Lipinski definition) is 1. The average molecular weight is 246 g/mol. The van der Waals surface area contributed by atoms with Crippen LogP contribution in [0.4, 0.5) is 0 Å². The number of carboxylic acids is 1. The van der Waals surface area contributed by atoms with Gasteiger partial charge < -0.3 is 9.84 Å². The van der Waals surface area contributed by atoms with E-state index < -0.39 is 5.97 Å². The maximum Gasteiger partial charge on any atom is 0.328 e. The van der Waals surface area contributed by atoms with E-state index in [0.29, 0.717) is 0 Å². The van der Waals surface area contributed by atoms with E-state index in [1.54, 1.807) is 6.08 Å². The summed E-state index contributed by atoms with van der Waals surface area (Å²) in [5, 5.41) is 8.61. The molecular formula is C15H18O3. The number of aliphatic carboxylic acids is 1. The average Bonchev–Trinajstić information content (AvgIpc) is 3.09. The van der Waals surface area contributed by atoms with Crippen LogP contribution in [0, 0.1) is 19.8 Å². The number of ether oxygens (including phenoxy) is 1. The second-order valence-electron chi connectivity index (χ2n) is 4.91. The van der Waals surface area contributed by atoms with Gasteiger partial charge in [0, 0.05) is 6.08 Å². The molecule has 18 heavy (non-hydrogen) atoms. The molecule has 0 aliphatic heterocycles. The van der Waals surface area contributed by atoms with Crippen LogP contribution in [0.5, 0.6) is 5.75 Å². The number of benzene rings is 1. The molecule has 0 unspecified atom stereocenters. The van der Waals surface area contributed by atoms with Crippen LogP contribution >= 0.6 is 0 Å². The fraction of sp³-hybridized carbons (Fsp3) is 0.400. The molecule has 1 N–H and O–H groups in total. The van der Waals surface area contributed by atoms with Gasteiger partial charge in [0.05, 0.1) is 6.61 Å². The summed E-state index contributed by atoms with van der Waals surface area (Å²) < 4.78 is 5.83. The Labute approximate surface area is 107 Å². The number of carbonyl (C=O) groups is 1. The van der Waals surface area contributed by atoms with Crippen LogP contribution in [0.1, 0.15) is 29.5 Å². The highest BCUT2D eigenvalue weighted by molar-refractivity contribution is 5.85. The molecule has 1 saturated carbocycles. The van der Waals surface area contributed by atoms with E-state index in [0.717, 1.165) is 41.0 Å². The van der Waals surface area contributed by atoms with E-state index in [-0.39, 0.29) is 0 Å². The Morgan fingerprint density at radius 1 is 1.39 bits per heavy atom. The fourth-order valence-corrected chi connectivity index (χ4v) is 1.96. The van der Waals surface area contributed by atoms with Gasteiger partial charge >= 0.3 is 5.97 Å². The molecule has 0 heterocycles. The Bertz CT molecular complexity index is 462. The molecule has 1 aromatic carbocycles. The van der Waals surface area contributed by atoms with Crippen molar-refractivity contribution in [2.75, 3.05) is 6.61 Å². The Morgan fingerprint density at radius 3 is 2.50 bits per heavy atom. The molecule has 0 radical (unpaired) electrons. The third kappa shape index (κ3) is 3.36. The molecule has 1 aliphatic carbocycles. The fourth-order valence-electron chi connectivity index (χ4n) is 1.96. The lowest BCUT2D eigenvalue weighted by Gasteiger charge is -2.12. The Balaban J connectivity index is 2.14. The van der Waals surface area contributed by atoms with Crippen LogP contribution in [-0.2, 0) is 4.79 Å². The molecule has 1 aliphatic rings. The van der Waals surface area contributed by atoms with E-state index in [4.69, 9.17) is 9.84 Å². The van der Waals surface area contributed by atoms with Crippen molar-refractivity contribution in [2.45, 2.75) is 26.7 Å². The predicted molar refractivity (Wildman–Crippen MR) is 70.8 cm³/mol. The first kappa shape index (κ1) is 12.7. The molecule has 0 atom stereocenters. The molecule has 96 valence electrons. The van der Waals surface area contributed by atoms with Gasteiger partial charge in [0.25, 0.3) is 0 Å². The summed E-state index contributed by atoms with van der Waals surface area (Å²) in [6.07, 6.45) is 5.31. The van der Waals surface area contributed by atoms with Crippen LogP contribution in [0.15, 0.2) is 18.2 Å². The van der Waals surface area contributed by atoms with Crippen molar-refractivity contribution in [3.63, 3.8) is 0 Å². The zero-order valence-corrected chi connectivity index (χ0v) is 10.8. The molecule has 3 nitrogen and oxygen atoms in total. The van der Waals surface area contributed by atoms with Crippen molar-refractivity contribution in [1.82, 2.24) is 0 Å². The lowest BCUT2D eigenvalue weighted by molar-refractivity contribution is -0.131. The minimum Gasteiger partial charge on any atom is -0.493 e. The molecule has 0 amide bonds. The largest absolute Gasteiger partial charge is 0.493 e. The molecule has 2 rings (SSSR count). The predicted octanol–water partition coefficient (Wildman–Crippen LogP) is 3.19. The third-order valence-corrected chi connectivity index (χ3v) is 3.06. The Kier molecular flexibility index (Phi) is 3.70. The molecule has 3 heteroatoms. The van der Waals surface area contributed by atoms with Gasteiger partial charge in [0.15, 0.2) is 0 Å². The number of hydrogen-bond acceptors (Lipinski definition) is 2. The van der Waals surface area contributed by atoms with Crippen LogP contribution in [0.3, 0.4) is 0 Å².